The van der Waals surface area contributed by atoms with Gasteiger partial charge in [-0.25, -0.2) is 9.67 Å². The Hall–Kier alpha value is -1.46. The van der Waals surface area contributed by atoms with E-state index in [-0.39, 0.29) is 6.61 Å². The first-order chi connectivity index (χ1) is 8.76. The van der Waals surface area contributed by atoms with Crippen LogP contribution in [0.2, 0.25) is 0 Å². The molecular weight excluding hydrogens is 228 g/mol. The van der Waals surface area contributed by atoms with Gasteiger partial charge in [0.2, 0.25) is 0 Å². The Kier molecular flexibility index (Phi) is 4.28. The number of aryl methyl sites for hydroxylation is 1. The minimum absolute atomic E-state index is 0.0811. The summed E-state index contributed by atoms with van der Waals surface area (Å²) in [5, 5.41) is 17.8. The Morgan fingerprint density at radius 2 is 2.28 bits per heavy atom. The lowest BCUT2D eigenvalue weighted by Crippen LogP contribution is -2.14. The molecule has 0 aromatic carbocycles. The fourth-order valence-electron chi connectivity index (χ4n) is 2.01. The van der Waals surface area contributed by atoms with Gasteiger partial charge in [0, 0.05) is 18.1 Å². The maximum Gasteiger partial charge on any atom is 0.158 e. The average molecular weight is 248 g/mol. The minimum atomic E-state index is 0.0811. The van der Waals surface area contributed by atoms with Crippen molar-refractivity contribution >= 4 is 11.0 Å². The molecule has 0 amide bonds. The van der Waals surface area contributed by atoms with Crippen molar-refractivity contribution in [3.63, 3.8) is 0 Å². The molecule has 0 radical (unpaired) electrons. The molecule has 0 bridgehead atoms. The predicted octanol–water partition coefficient (Wildman–Crippen LogP) is 1.23. The third-order valence-corrected chi connectivity index (χ3v) is 2.90. The molecule has 5 heteroatoms. The number of nitrogens with zero attached hydrogens (tertiary/aromatic N) is 3. The SMILES string of the molecule is CCCNCc1cnc2c(c1)c(C)nn2CCO. The smallest absolute Gasteiger partial charge is 0.158 e. The van der Waals surface area contributed by atoms with Crippen molar-refractivity contribution in [3.8, 4) is 0 Å². The lowest BCUT2D eigenvalue weighted by molar-refractivity contribution is 0.271. The number of rotatable bonds is 6. The first kappa shape index (κ1) is 13.0. The second kappa shape index (κ2) is 5.93. The summed E-state index contributed by atoms with van der Waals surface area (Å²) in [6, 6.07) is 2.13. The first-order valence-corrected chi connectivity index (χ1v) is 6.40. The van der Waals surface area contributed by atoms with E-state index in [0.29, 0.717) is 6.54 Å². The fourth-order valence-corrected chi connectivity index (χ4v) is 2.01. The predicted molar refractivity (Wildman–Crippen MR) is 71.3 cm³/mol. The molecule has 2 aromatic rings. The van der Waals surface area contributed by atoms with Gasteiger partial charge in [0.1, 0.15) is 0 Å². The van der Waals surface area contributed by atoms with Crippen molar-refractivity contribution in [2.24, 2.45) is 0 Å². The molecule has 2 N–H and O–H groups in total. The van der Waals surface area contributed by atoms with Crippen molar-refractivity contribution in [2.45, 2.75) is 33.4 Å². The summed E-state index contributed by atoms with van der Waals surface area (Å²) >= 11 is 0. The summed E-state index contributed by atoms with van der Waals surface area (Å²) in [5.74, 6) is 0. The summed E-state index contributed by atoms with van der Waals surface area (Å²) in [4.78, 5) is 4.45. The molecule has 0 atom stereocenters. The van der Waals surface area contributed by atoms with Crippen LogP contribution >= 0.6 is 0 Å². The zero-order valence-electron chi connectivity index (χ0n) is 11.0. The summed E-state index contributed by atoms with van der Waals surface area (Å²) in [6.07, 6.45) is 3.00. The molecule has 0 aliphatic rings. The van der Waals surface area contributed by atoms with Crippen LogP contribution in [0.3, 0.4) is 0 Å². The van der Waals surface area contributed by atoms with Crippen molar-refractivity contribution in [1.29, 1.82) is 0 Å². The lowest BCUT2D eigenvalue weighted by atomic mass is 10.2. The number of hydrogen-bond donors (Lipinski definition) is 2. The van der Waals surface area contributed by atoms with E-state index in [1.807, 2.05) is 13.1 Å². The normalized spacial score (nSPS) is 11.3. The number of fused-ring (bicyclic) bond motifs is 1. The molecule has 0 aliphatic carbocycles. The van der Waals surface area contributed by atoms with Crippen LogP contribution < -0.4 is 5.32 Å². The molecule has 2 heterocycles. The Morgan fingerprint density at radius 1 is 1.44 bits per heavy atom. The van der Waals surface area contributed by atoms with Gasteiger partial charge in [0.05, 0.1) is 18.8 Å². The number of pyridine rings is 1. The quantitative estimate of drug-likeness (QED) is 0.755. The molecule has 0 spiro atoms. The molecule has 98 valence electrons. The Balaban J connectivity index is 2.25. The van der Waals surface area contributed by atoms with Gasteiger partial charge in [-0.1, -0.05) is 6.92 Å². The van der Waals surface area contributed by atoms with E-state index in [2.05, 4.69) is 28.4 Å². The molecular formula is C13H20N4O. The van der Waals surface area contributed by atoms with E-state index in [1.54, 1.807) is 4.68 Å². The van der Waals surface area contributed by atoms with Crippen molar-refractivity contribution in [1.82, 2.24) is 20.1 Å². The van der Waals surface area contributed by atoms with E-state index in [4.69, 9.17) is 5.11 Å². The van der Waals surface area contributed by atoms with E-state index >= 15 is 0 Å². The van der Waals surface area contributed by atoms with E-state index in [1.165, 1.54) is 5.56 Å². The lowest BCUT2D eigenvalue weighted by Gasteiger charge is -2.04. The second-order valence-electron chi connectivity index (χ2n) is 4.42. The number of hydrogen-bond acceptors (Lipinski definition) is 4. The standard InChI is InChI=1S/C13H20N4O/c1-3-4-14-8-11-7-12-10(2)16-17(5-6-18)13(12)15-9-11/h7,9,14,18H,3-6,8H2,1-2H3. The van der Waals surface area contributed by atoms with Crippen LogP contribution in [0.5, 0.6) is 0 Å². The molecule has 0 aliphatic heterocycles. The van der Waals surface area contributed by atoms with Crippen molar-refractivity contribution in [3.05, 3.63) is 23.5 Å². The average Bonchev–Trinajstić information content (AvgIpc) is 2.67. The highest BCUT2D eigenvalue weighted by Gasteiger charge is 2.08. The second-order valence-corrected chi connectivity index (χ2v) is 4.42. The van der Waals surface area contributed by atoms with Gasteiger partial charge >= 0.3 is 0 Å². The van der Waals surface area contributed by atoms with Gasteiger partial charge < -0.3 is 10.4 Å². The molecule has 18 heavy (non-hydrogen) atoms. The van der Waals surface area contributed by atoms with Crippen LogP contribution in [0, 0.1) is 6.92 Å². The third kappa shape index (κ3) is 2.68. The summed E-state index contributed by atoms with van der Waals surface area (Å²) in [7, 11) is 0. The zero-order valence-corrected chi connectivity index (χ0v) is 11.0. The van der Waals surface area contributed by atoms with Crippen LogP contribution in [0.15, 0.2) is 12.3 Å². The first-order valence-electron chi connectivity index (χ1n) is 6.40. The number of aliphatic hydroxyl groups is 1. The maximum absolute atomic E-state index is 8.99. The Bertz CT molecular complexity index is 521. The van der Waals surface area contributed by atoms with E-state index in [0.717, 1.165) is 36.2 Å². The number of aromatic nitrogens is 3. The molecule has 0 unspecified atom stereocenters. The maximum atomic E-state index is 8.99. The monoisotopic (exact) mass is 248 g/mol. The summed E-state index contributed by atoms with van der Waals surface area (Å²) in [6.45, 7) is 6.54. The van der Waals surface area contributed by atoms with Crippen LogP contribution in [0.1, 0.15) is 24.6 Å². The number of nitrogens with one attached hydrogen (secondary N) is 1. The molecule has 0 saturated carbocycles. The summed E-state index contributed by atoms with van der Waals surface area (Å²) < 4.78 is 1.76. The van der Waals surface area contributed by atoms with Crippen LogP contribution in [-0.2, 0) is 13.1 Å². The largest absolute Gasteiger partial charge is 0.394 e. The number of aliphatic hydroxyl groups excluding tert-OH is 1. The highest BCUT2D eigenvalue weighted by molar-refractivity contribution is 5.78. The van der Waals surface area contributed by atoms with Crippen LogP contribution in [0.4, 0.5) is 0 Å². The molecule has 5 nitrogen and oxygen atoms in total. The van der Waals surface area contributed by atoms with Gasteiger partial charge in [-0.2, -0.15) is 5.10 Å². The van der Waals surface area contributed by atoms with E-state index < -0.39 is 0 Å². The highest BCUT2D eigenvalue weighted by atomic mass is 16.3. The topological polar surface area (TPSA) is 63.0 Å². The van der Waals surface area contributed by atoms with Crippen molar-refractivity contribution in [2.75, 3.05) is 13.2 Å². The minimum Gasteiger partial charge on any atom is -0.394 e. The Morgan fingerprint density at radius 3 is 3.00 bits per heavy atom. The van der Waals surface area contributed by atoms with Gasteiger partial charge in [0.25, 0.3) is 0 Å². The zero-order chi connectivity index (χ0) is 13.0. The molecule has 0 saturated heterocycles. The van der Waals surface area contributed by atoms with Gasteiger partial charge in [0.15, 0.2) is 5.65 Å². The molecule has 2 rings (SSSR count). The van der Waals surface area contributed by atoms with Gasteiger partial charge in [-0.15, -0.1) is 0 Å². The molecule has 2 aromatic heterocycles. The Labute approximate surface area is 107 Å². The van der Waals surface area contributed by atoms with Gasteiger partial charge in [-0.05, 0) is 31.5 Å². The molecule has 0 fully saturated rings. The highest BCUT2D eigenvalue weighted by Crippen LogP contribution is 2.17. The van der Waals surface area contributed by atoms with Crippen molar-refractivity contribution < 1.29 is 5.11 Å². The fraction of sp³-hybridized carbons (Fsp3) is 0.538. The van der Waals surface area contributed by atoms with E-state index in [9.17, 15) is 0 Å². The summed E-state index contributed by atoms with van der Waals surface area (Å²) in [5.41, 5.74) is 2.98. The van der Waals surface area contributed by atoms with Crippen LogP contribution in [0.25, 0.3) is 11.0 Å². The van der Waals surface area contributed by atoms with Gasteiger partial charge in [-0.3, -0.25) is 0 Å². The third-order valence-electron chi connectivity index (χ3n) is 2.90. The van der Waals surface area contributed by atoms with Crippen LogP contribution in [-0.4, -0.2) is 33.0 Å².